The molecule has 3 N–H and O–H groups in total. The van der Waals surface area contributed by atoms with Crippen molar-refractivity contribution in [2.24, 2.45) is 5.73 Å². The number of rotatable bonds is 5. The zero-order valence-corrected chi connectivity index (χ0v) is 12.6. The van der Waals surface area contributed by atoms with Crippen molar-refractivity contribution < 1.29 is 4.74 Å². The van der Waals surface area contributed by atoms with E-state index in [9.17, 15) is 0 Å². The molecule has 0 unspecified atom stereocenters. The van der Waals surface area contributed by atoms with Crippen molar-refractivity contribution in [2.75, 3.05) is 7.11 Å². The third-order valence-corrected chi connectivity index (χ3v) is 4.11. The van der Waals surface area contributed by atoms with Crippen molar-refractivity contribution in [1.29, 1.82) is 5.41 Å². The summed E-state index contributed by atoms with van der Waals surface area (Å²) in [7, 11) is 1.58. The molecule has 104 valence electrons. The summed E-state index contributed by atoms with van der Waals surface area (Å²) in [5.41, 5.74) is 7.24. The van der Waals surface area contributed by atoms with Gasteiger partial charge in [-0.05, 0) is 42.0 Å². The monoisotopic (exact) mass is 306 g/mol. The van der Waals surface area contributed by atoms with Crippen molar-refractivity contribution in [3.05, 3.63) is 58.6 Å². The molecule has 0 heterocycles. The topological polar surface area (TPSA) is 59.1 Å². The van der Waals surface area contributed by atoms with Crippen LogP contribution >= 0.6 is 23.4 Å². The van der Waals surface area contributed by atoms with E-state index in [1.165, 1.54) is 0 Å². The van der Waals surface area contributed by atoms with E-state index in [4.69, 9.17) is 27.5 Å². The minimum absolute atomic E-state index is 0.0127. The van der Waals surface area contributed by atoms with Crippen LogP contribution in [0.1, 0.15) is 11.1 Å². The molecule has 0 aliphatic carbocycles. The molecule has 5 heteroatoms. The summed E-state index contributed by atoms with van der Waals surface area (Å²) in [6.07, 6.45) is 0. The zero-order chi connectivity index (χ0) is 14.5. The van der Waals surface area contributed by atoms with Crippen LogP contribution in [0.25, 0.3) is 0 Å². The van der Waals surface area contributed by atoms with Crippen molar-refractivity contribution in [3.63, 3.8) is 0 Å². The van der Waals surface area contributed by atoms with Gasteiger partial charge in [-0.15, -0.1) is 11.8 Å². The molecule has 0 aliphatic heterocycles. The number of halogens is 1. The Morgan fingerprint density at radius 3 is 2.55 bits per heavy atom. The first-order valence-corrected chi connectivity index (χ1v) is 7.36. The van der Waals surface area contributed by atoms with Gasteiger partial charge in [0.2, 0.25) is 0 Å². The van der Waals surface area contributed by atoms with Crippen LogP contribution in [0.4, 0.5) is 0 Å². The molecule has 2 aromatic carbocycles. The van der Waals surface area contributed by atoms with Crippen LogP contribution in [0.2, 0.25) is 5.02 Å². The smallest absolute Gasteiger partial charge is 0.130 e. The lowest BCUT2D eigenvalue weighted by Gasteiger charge is -2.09. The standard InChI is InChI=1S/C15H15ClN2OS/c1-19-14-8-10(2-7-13(14)15(17)18)9-20-12-5-3-11(16)4-6-12/h2-8H,9H2,1H3,(H3,17,18). The number of hydrogen-bond acceptors (Lipinski definition) is 3. The van der Waals surface area contributed by atoms with Crippen LogP contribution in [0, 0.1) is 5.41 Å². The lowest BCUT2D eigenvalue weighted by atomic mass is 10.1. The molecule has 2 aromatic rings. The molecule has 0 fully saturated rings. The number of benzene rings is 2. The molecule has 0 saturated carbocycles. The maximum Gasteiger partial charge on any atom is 0.130 e. The Morgan fingerprint density at radius 2 is 1.95 bits per heavy atom. The van der Waals surface area contributed by atoms with Crippen molar-refractivity contribution in [3.8, 4) is 5.75 Å². The van der Waals surface area contributed by atoms with Gasteiger partial charge < -0.3 is 10.5 Å². The van der Waals surface area contributed by atoms with Gasteiger partial charge in [0.25, 0.3) is 0 Å². The highest BCUT2D eigenvalue weighted by Gasteiger charge is 2.07. The van der Waals surface area contributed by atoms with Crippen molar-refractivity contribution in [1.82, 2.24) is 0 Å². The average Bonchev–Trinajstić information content (AvgIpc) is 2.46. The van der Waals surface area contributed by atoms with Gasteiger partial charge in [0.1, 0.15) is 11.6 Å². The minimum Gasteiger partial charge on any atom is -0.496 e. The Hall–Kier alpha value is -1.65. The Bertz CT molecular complexity index is 614. The van der Waals surface area contributed by atoms with E-state index < -0.39 is 0 Å². The summed E-state index contributed by atoms with van der Waals surface area (Å²) in [6.45, 7) is 0. The van der Waals surface area contributed by atoms with Crippen LogP contribution in [0.15, 0.2) is 47.4 Å². The van der Waals surface area contributed by atoms with E-state index in [2.05, 4.69) is 0 Å². The van der Waals surface area contributed by atoms with Gasteiger partial charge in [-0.25, -0.2) is 0 Å². The Balaban J connectivity index is 2.10. The molecule has 0 aromatic heterocycles. The first kappa shape index (κ1) is 14.8. The third-order valence-electron chi connectivity index (χ3n) is 2.78. The zero-order valence-electron chi connectivity index (χ0n) is 11.0. The quantitative estimate of drug-likeness (QED) is 0.500. The SMILES string of the molecule is COc1cc(CSc2ccc(Cl)cc2)ccc1C(=N)N. The van der Waals surface area contributed by atoms with Gasteiger partial charge in [-0.2, -0.15) is 0 Å². The molecule has 3 nitrogen and oxygen atoms in total. The van der Waals surface area contributed by atoms with E-state index in [-0.39, 0.29) is 5.84 Å². The van der Waals surface area contributed by atoms with Crippen molar-refractivity contribution >= 4 is 29.2 Å². The van der Waals surface area contributed by atoms with Gasteiger partial charge in [0.05, 0.1) is 12.7 Å². The van der Waals surface area contributed by atoms with Gasteiger partial charge in [0, 0.05) is 15.7 Å². The number of ether oxygens (including phenoxy) is 1. The Labute approximate surface area is 127 Å². The highest BCUT2D eigenvalue weighted by molar-refractivity contribution is 7.98. The number of nitrogens with two attached hydrogens (primary N) is 1. The maximum atomic E-state index is 7.49. The molecule has 0 saturated heterocycles. The second-order valence-corrected chi connectivity index (χ2v) is 5.68. The third kappa shape index (κ3) is 3.68. The van der Waals surface area contributed by atoms with E-state index >= 15 is 0 Å². The molecular formula is C15H15ClN2OS. The van der Waals surface area contributed by atoms with Crippen molar-refractivity contribution in [2.45, 2.75) is 10.6 Å². The molecule has 0 aliphatic rings. The van der Waals surface area contributed by atoms with Crippen LogP contribution in [0.5, 0.6) is 5.75 Å². The molecule has 20 heavy (non-hydrogen) atoms. The lowest BCUT2D eigenvalue weighted by molar-refractivity contribution is 0.413. The number of amidine groups is 1. The summed E-state index contributed by atoms with van der Waals surface area (Å²) >= 11 is 7.57. The summed E-state index contributed by atoms with van der Waals surface area (Å²) in [5.74, 6) is 1.46. The molecule has 0 bridgehead atoms. The van der Waals surface area contributed by atoms with E-state index in [1.54, 1.807) is 18.9 Å². The molecule has 0 amide bonds. The lowest BCUT2D eigenvalue weighted by Crippen LogP contribution is -2.12. The first-order chi connectivity index (χ1) is 9.60. The predicted octanol–water partition coefficient (Wildman–Crippen LogP) is 3.92. The maximum absolute atomic E-state index is 7.49. The molecule has 0 radical (unpaired) electrons. The Kier molecular flexibility index (Phi) is 4.93. The molecule has 2 rings (SSSR count). The van der Waals surface area contributed by atoms with E-state index in [0.29, 0.717) is 11.3 Å². The molecule has 0 spiro atoms. The van der Waals surface area contributed by atoms with Crippen LogP contribution < -0.4 is 10.5 Å². The van der Waals surface area contributed by atoms with Crippen LogP contribution in [-0.4, -0.2) is 12.9 Å². The second-order valence-electron chi connectivity index (χ2n) is 4.19. The number of hydrogen-bond donors (Lipinski definition) is 2. The van der Waals surface area contributed by atoms with Crippen LogP contribution in [-0.2, 0) is 5.75 Å². The average molecular weight is 307 g/mol. The minimum atomic E-state index is 0.0127. The highest BCUT2D eigenvalue weighted by atomic mass is 35.5. The highest BCUT2D eigenvalue weighted by Crippen LogP contribution is 2.27. The largest absolute Gasteiger partial charge is 0.496 e. The fraction of sp³-hybridized carbons (Fsp3) is 0.133. The predicted molar refractivity (Wildman–Crippen MR) is 85.0 cm³/mol. The number of thioether (sulfide) groups is 1. The van der Waals surface area contributed by atoms with Gasteiger partial charge in [-0.3, -0.25) is 5.41 Å². The van der Waals surface area contributed by atoms with Crippen LogP contribution in [0.3, 0.4) is 0 Å². The summed E-state index contributed by atoms with van der Waals surface area (Å²) in [5, 5.41) is 8.22. The fourth-order valence-electron chi connectivity index (χ4n) is 1.75. The first-order valence-electron chi connectivity index (χ1n) is 6.00. The normalized spacial score (nSPS) is 10.3. The summed E-state index contributed by atoms with van der Waals surface area (Å²) in [6, 6.07) is 13.4. The second kappa shape index (κ2) is 6.68. The van der Waals surface area contributed by atoms with E-state index in [0.717, 1.165) is 21.2 Å². The summed E-state index contributed by atoms with van der Waals surface area (Å²) < 4.78 is 5.27. The van der Waals surface area contributed by atoms with E-state index in [1.807, 2.05) is 42.5 Å². The number of nitrogen functional groups attached to an aromatic ring is 1. The van der Waals surface area contributed by atoms with Gasteiger partial charge in [0.15, 0.2) is 0 Å². The molecular weight excluding hydrogens is 292 g/mol. The van der Waals surface area contributed by atoms with Gasteiger partial charge >= 0.3 is 0 Å². The summed E-state index contributed by atoms with van der Waals surface area (Å²) in [4.78, 5) is 1.16. The fourth-order valence-corrected chi connectivity index (χ4v) is 2.71. The molecule has 0 atom stereocenters. The number of nitrogens with one attached hydrogen (secondary N) is 1. The number of methoxy groups -OCH3 is 1. The van der Waals surface area contributed by atoms with Gasteiger partial charge in [-0.1, -0.05) is 17.7 Å². The Morgan fingerprint density at radius 1 is 1.25 bits per heavy atom.